The summed E-state index contributed by atoms with van der Waals surface area (Å²) in [6.45, 7) is 5.31. The molecule has 1 saturated carbocycles. The summed E-state index contributed by atoms with van der Waals surface area (Å²) in [4.78, 5) is 4.55. The first-order chi connectivity index (χ1) is 11.2. The van der Waals surface area contributed by atoms with Gasteiger partial charge < -0.3 is 14.8 Å². The van der Waals surface area contributed by atoms with Crippen LogP contribution in [0.4, 0.5) is 5.69 Å². The average Bonchev–Trinajstić information content (AvgIpc) is 3.16. The molecule has 1 fully saturated rings. The molecule has 0 spiro atoms. The van der Waals surface area contributed by atoms with Crippen molar-refractivity contribution in [3.05, 3.63) is 29.3 Å². The van der Waals surface area contributed by atoms with Crippen LogP contribution in [0.5, 0.6) is 11.5 Å². The van der Waals surface area contributed by atoms with Gasteiger partial charge in [0.15, 0.2) is 5.82 Å². The van der Waals surface area contributed by atoms with Gasteiger partial charge in [-0.1, -0.05) is 0 Å². The van der Waals surface area contributed by atoms with E-state index in [0.717, 1.165) is 35.3 Å². The van der Waals surface area contributed by atoms with Gasteiger partial charge in [-0.05, 0) is 32.8 Å². The Morgan fingerprint density at radius 3 is 3.04 bits per heavy atom. The quantitative estimate of drug-likeness (QED) is 0.857. The zero-order valence-electron chi connectivity index (χ0n) is 13.6. The molecule has 2 N–H and O–H groups in total. The summed E-state index contributed by atoms with van der Waals surface area (Å²) in [6, 6.07) is 4.11. The summed E-state index contributed by atoms with van der Waals surface area (Å²) < 4.78 is 11.6. The number of aromatic amines is 1. The zero-order chi connectivity index (χ0) is 15.8. The third-order valence-electron chi connectivity index (χ3n) is 4.24. The van der Waals surface area contributed by atoms with Gasteiger partial charge in [0.05, 0.1) is 18.8 Å². The first-order valence-corrected chi connectivity index (χ1v) is 8.34. The minimum atomic E-state index is 0.227. The summed E-state index contributed by atoms with van der Waals surface area (Å²) in [5.41, 5.74) is 2.14. The number of rotatable bonds is 6. The first-order valence-electron chi connectivity index (χ1n) is 8.34. The molecule has 1 aromatic carbocycles. The highest BCUT2D eigenvalue weighted by molar-refractivity contribution is 5.63. The van der Waals surface area contributed by atoms with Gasteiger partial charge in [-0.2, -0.15) is 5.10 Å². The highest BCUT2D eigenvalue weighted by Crippen LogP contribution is 2.39. The Kier molecular flexibility index (Phi) is 3.59. The Morgan fingerprint density at radius 1 is 1.39 bits per heavy atom. The van der Waals surface area contributed by atoms with E-state index < -0.39 is 0 Å². The van der Waals surface area contributed by atoms with E-state index >= 15 is 0 Å². The van der Waals surface area contributed by atoms with Crippen molar-refractivity contribution in [3.63, 3.8) is 0 Å². The van der Waals surface area contributed by atoms with Crippen molar-refractivity contribution >= 4 is 5.69 Å². The van der Waals surface area contributed by atoms with E-state index in [1.165, 1.54) is 18.4 Å². The van der Waals surface area contributed by atoms with Crippen LogP contribution in [0.2, 0.25) is 0 Å². The smallest absolute Gasteiger partial charge is 0.153 e. The Bertz CT molecular complexity index is 709. The molecule has 2 aliphatic rings. The molecule has 1 aromatic heterocycles. The number of hydrogen-bond donors (Lipinski definition) is 2. The van der Waals surface area contributed by atoms with Crippen molar-refractivity contribution in [2.45, 2.75) is 51.7 Å². The molecule has 0 saturated heterocycles. The van der Waals surface area contributed by atoms with E-state index in [1.54, 1.807) is 0 Å². The second-order valence-electron chi connectivity index (χ2n) is 6.29. The minimum Gasteiger partial charge on any atom is -0.492 e. The van der Waals surface area contributed by atoms with Gasteiger partial charge in [0, 0.05) is 24.0 Å². The minimum absolute atomic E-state index is 0.227. The van der Waals surface area contributed by atoms with Crippen molar-refractivity contribution in [2.24, 2.45) is 0 Å². The van der Waals surface area contributed by atoms with Crippen LogP contribution in [0.25, 0.3) is 0 Å². The van der Waals surface area contributed by atoms with Gasteiger partial charge in [0.25, 0.3) is 0 Å². The van der Waals surface area contributed by atoms with E-state index in [9.17, 15) is 0 Å². The summed E-state index contributed by atoms with van der Waals surface area (Å²) in [5, 5.41) is 10.7. The molecule has 1 aliphatic carbocycles. The molecule has 4 rings (SSSR count). The van der Waals surface area contributed by atoms with Crippen LogP contribution >= 0.6 is 0 Å². The summed E-state index contributed by atoms with van der Waals surface area (Å²) >= 11 is 0. The molecule has 0 radical (unpaired) electrons. The lowest BCUT2D eigenvalue weighted by Crippen LogP contribution is -2.05. The number of nitrogens with one attached hydrogen (secondary N) is 2. The van der Waals surface area contributed by atoms with Crippen LogP contribution in [-0.4, -0.2) is 27.9 Å². The molecule has 23 heavy (non-hydrogen) atoms. The van der Waals surface area contributed by atoms with Crippen LogP contribution in [0.3, 0.4) is 0 Å². The standard InChI is InChI=1S/C17H22N4O2/c1-3-22-15-7-12-6-10(2)23-14(12)8-13(15)18-9-16-19-17(21-20-16)11-4-5-11/h7-8,10-11,18H,3-6,9H2,1-2H3,(H,19,20,21). The third-order valence-corrected chi connectivity index (χ3v) is 4.24. The van der Waals surface area contributed by atoms with Crippen LogP contribution in [0.1, 0.15) is 49.8 Å². The van der Waals surface area contributed by atoms with Crippen molar-refractivity contribution in [1.82, 2.24) is 15.2 Å². The van der Waals surface area contributed by atoms with Crippen molar-refractivity contribution < 1.29 is 9.47 Å². The van der Waals surface area contributed by atoms with Crippen LogP contribution in [0, 0.1) is 0 Å². The average molecular weight is 314 g/mol. The summed E-state index contributed by atoms with van der Waals surface area (Å²) in [6.07, 6.45) is 3.58. The monoisotopic (exact) mass is 314 g/mol. The summed E-state index contributed by atoms with van der Waals surface area (Å²) in [5.74, 6) is 4.17. The molecular formula is C17H22N4O2. The molecule has 1 aliphatic heterocycles. The third kappa shape index (κ3) is 2.98. The molecule has 0 amide bonds. The van der Waals surface area contributed by atoms with Crippen LogP contribution in [-0.2, 0) is 13.0 Å². The Hall–Kier alpha value is -2.24. The Labute approximate surface area is 135 Å². The predicted octanol–water partition coefficient (Wildman–Crippen LogP) is 3.02. The molecule has 2 heterocycles. The van der Waals surface area contributed by atoms with E-state index in [1.807, 2.05) is 13.0 Å². The van der Waals surface area contributed by atoms with E-state index in [-0.39, 0.29) is 6.10 Å². The molecule has 6 heteroatoms. The molecule has 122 valence electrons. The fourth-order valence-electron chi connectivity index (χ4n) is 2.94. The van der Waals surface area contributed by atoms with Gasteiger partial charge in [-0.3, -0.25) is 5.10 Å². The van der Waals surface area contributed by atoms with Crippen molar-refractivity contribution in [2.75, 3.05) is 11.9 Å². The largest absolute Gasteiger partial charge is 0.492 e. The molecule has 1 unspecified atom stereocenters. The highest BCUT2D eigenvalue weighted by atomic mass is 16.5. The Balaban J connectivity index is 1.51. The van der Waals surface area contributed by atoms with Gasteiger partial charge in [0.2, 0.25) is 0 Å². The van der Waals surface area contributed by atoms with Crippen molar-refractivity contribution in [3.8, 4) is 11.5 Å². The van der Waals surface area contributed by atoms with E-state index in [2.05, 4.69) is 33.5 Å². The normalized spacial score (nSPS) is 19.3. The maximum absolute atomic E-state index is 5.85. The zero-order valence-corrected chi connectivity index (χ0v) is 13.6. The van der Waals surface area contributed by atoms with Crippen LogP contribution < -0.4 is 14.8 Å². The second-order valence-corrected chi connectivity index (χ2v) is 6.29. The van der Waals surface area contributed by atoms with E-state index in [4.69, 9.17) is 9.47 Å². The number of H-pyrrole nitrogens is 1. The number of ether oxygens (including phenoxy) is 2. The Morgan fingerprint density at radius 2 is 2.26 bits per heavy atom. The topological polar surface area (TPSA) is 72.1 Å². The van der Waals surface area contributed by atoms with Crippen molar-refractivity contribution in [1.29, 1.82) is 0 Å². The van der Waals surface area contributed by atoms with Gasteiger partial charge in [-0.15, -0.1) is 0 Å². The second kappa shape index (κ2) is 5.76. The fraction of sp³-hybridized carbons (Fsp3) is 0.529. The van der Waals surface area contributed by atoms with Crippen LogP contribution in [0.15, 0.2) is 12.1 Å². The van der Waals surface area contributed by atoms with Gasteiger partial charge >= 0.3 is 0 Å². The highest BCUT2D eigenvalue weighted by Gasteiger charge is 2.27. The molecule has 1 atom stereocenters. The number of hydrogen-bond acceptors (Lipinski definition) is 5. The maximum atomic E-state index is 5.85. The molecule has 0 bridgehead atoms. The van der Waals surface area contributed by atoms with E-state index in [0.29, 0.717) is 19.1 Å². The number of fused-ring (bicyclic) bond motifs is 1. The number of benzene rings is 1. The fourth-order valence-corrected chi connectivity index (χ4v) is 2.94. The maximum Gasteiger partial charge on any atom is 0.153 e. The first kappa shape index (κ1) is 14.4. The molecule has 2 aromatic rings. The lowest BCUT2D eigenvalue weighted by atomic mass is 10.1. The number of anilines is 1. The summed E-state index contributed by atoms with van der Waals surface area (Å²) in [7, 11) is 0. The predicted molar refractivity (Wildman–Crippen MR) is 87.1 cm³/mol. The number of nitrogens with zero attached hydrogens (tertiary/aromatic N) is 2. The number of aromatic nitrogens is 3. The lowest BCUT2D eigenvalue weighted by molar-refractivity contribution is 0.254. The van der Waals surface area contributed by atoms with Gasteiger partial charge in [0.1, 0.15) is 23.4 Å². The van der Waals surface area contributed by atoms with Gasteiger partial charge in [-0.25, -0.2) is 4.98 Å². The lowest BCUT2D eigenvalue weighted by Gasteiger charge is -2.13. The molecular weight excluding hydrogens is 292 g/mol. The SMILES string of the molecule is CCOc1cc2c(cc1NCc1nc(C3CC3)n[nH]1)OC(C)C2. The molecule has 6 nitrogen and oxygen atoms in total.